The first-order valence-electron chi connectivity index (χ1n) is 6.23. The van der Waals surface area contributed by atoms with Crippen molar-refractivity contribution in [2.24, 2.45) is 5.73 Å². The van der Waals surface area contributed by atoms with Gasteiger partial charge in [-0.05, 0) is 25.6 Å². The van der Waals surface area contributed by atoms with E-state index >= 15 is 0 Å². The highest BCUT2D eigenvalue weighted by Crippen LogP contribution is 2.22. The van der Waals surface area contributed by atoms with Crippen LogP contribution in [-0.2, 0) is 0 Å². The molecule has 0 spiro atoms. The molecule has 0 aliphatic carbocycles. The molecule has 0 heterocycles. The highest BCUT2D eigenvalue weighted by molar-refractivity contribution is 5.77. The lowest BCUT2D eigenvalue weighted by Crippen LogP contribution is -2.29. The van der Waals surface area contributed by atoms with E-state index in [1.54, 1.807) is 0 Å². The number of nitrogens with two attached hydrogens (primary N) is 1. The van der Waals surface area contributed by atoms with Crippen molar-refractivity contribution in [2.75, 3.05) is 13.6 Å². The summed E-state index contributed by atoms with van der Waals surface area (Å²) >= 11 is 0. The predicted molar refractivity (Wildman–Crippen MR) is 73.3 cm³/mol. The number of unbranched alkanes of at least 4 members (excludes halogenated alkanes) is 1. The summed E-state index contributed by atoms with van der Waals surface area (Å²) in [6.07, 6.45) is 2.97. The third kappa shape index (κ3) is 4.57. The molecule has 17 heavy (non-hydrogen) atoms. The summed E-state index contributed by atoms with van der Waals surface area (Å²) in [4.78, 5) is 2.29. The quantitative estimate of drug-likeness (QED) is 0.562. The van der Waals surface area contributed by atoms with Crippen LogP contribution in [0.2, 0.25) is 0 Å². The molecule has 1 unspecified atom stereocenters. The lowest BCUT2D eigenvalue weighted by atomic mass is 10.0. The third-order valence-electron chi connectivity index (χ3n) is 2.99. The van der Waals surface area contributed by atoms with Crippen LogP contribution >= 0.6 is 0 Å². The second kappa shape index (κ2) is 7.07. The van der Waals surface area contributed by atoms with E-state index in [1.165, 1.54) is 18.4 Å². The van der Waals surface area contributed by atoms with Crippen LogP contribution in [-0.4, -0.2) is 24.3 Å². The molecule has 1 atom stereocenters. The fraction of sp³-hybridized carbons (Fsp3) is 0.500. The van der Waals surface area contributed by atoms with Gasteiger partial charge in [-0.25, -0.2) is 0 Å². The molecule has 0 saturated heterocycles. The summed E-state index contributed by atoms with van der Waals surface area (Å²) in [5.41, 5.74) is 6.79. The second-order valence-electron chi connectivity index (χ2n) is 4.49. The minimum absolute atomic E-state index is 0.222. The first-order valence-corrected chi connectivity index (χ1v) is 6.23. The Kier molecular flexibility index (Phi) is 5.70. The fourth-order valence-corrected chi connectivity index (χ4v) is 1.98. The van der Waals surface area contributed by atoms with Crippen molar-refractivity contribution in [1.82, 2.24) is 4.90 Å². The molecular weight excluding hydrogens is 210 g/mol. The molecule has 0 radical (unpaired) electrons. The van der Waals surface area contributed by atoms with Crippen molar-refractivity contribution in [3.8, 4) is 0 Å². The molecular formula is C14H23N3. The Morgan fingerprint density at radius 1 is 1.35 bits per heavy atom. The van der Waals surface area contributed by atoms with Crippen LogP contribution in [0.4, 0.5) is 0 Å². The molecule has 0 bridgehead atoms. The highest BCUT2D eigenvalue weighted by Gasteiger charge is 2.17. The van der Waals surface area contributed by atoms with Crippen molar-refractivity contribution < 1.29 is 0 Å². The van der Waals surface area contributed by atoms with Crippen molar-refractivity contribution in [2.45, 2.75) is 32.2 Å². The monoisotopic (exact) mass is 233 g/mol. The molecule has 0 amide bonds. The minimum Gasteiger partial charge on any atom is -0.388 e. The standard InChI is InChI=1S/C14H23N3/c1-3-4-10-17(2)13(11-14(15)16)12-8-6-5-7-9-12/h5-9,13H,3-4,10-11H2,1-2H3,(H3,15,16). The van der Waals surface area contributed by atoms with E-state index in [4.69, 9.17) is 11.1 Å². The molecule has 3 nitrogen and oxygen atoms in total. The molecule has 3 N–H and O–H groups in total. The number of amidine groups is 1. The van der Waals surface area contributed by atoms with E-state index in [1.807, 2.05) is 18.2 Å². The van der Waals surface area contributed by atoms with E-state index in [0.29, 0.717) is 6.42 Å². The zero-order valence-corrected chi connectivity index (χ0v) is 10.8. The summed E-state index contributed by atoms with van der Waals surface area (Å²) in [6, 6.07) is 10.5. The van der Waals surface area contributed by atoms with Gasteiger partial charge in [0.2, 0.25) is 0 Å². The van der Waals surface area contributed by atoms with Crippen LogP contribution in [0.25, 0.3) is 0 Å². The van der Waals surface area contributed by atoms with Gasteiger partial charge in [-0.2, -0.15) is 0 Å². The molecule has 0 aromatic heterocycles. The first-order chi connectivity index (χ1) is 8.15. The van der Waals surface area contributed by atoms with Crippen LogP contribution in [0.3, 0.4) is 0 Å². The van der Waals surface area contributed by atoms with Gasteiger partial charge in [0.05, 0.1) is 5.84 Å². The predicted octanol–water partition coefficient (Wildman–Crippen LogP) is 2.79. The average molecular weight is 233 g/mol. The topological polar surface area (TPSA) is 53.1 Å². The van der Waals surface area contributed by atoms with Crippen LogP contribution in [0.5, 0.6) is 0 Å². The Morgan fingerprint density at radius 3 is 2.53 bits per heavy atom. The number of nitrogens with zero attached hydrogens (tertiary/aromatic N) is 1. The highest BCUT2D eigenvalue weighted by atomic mass is 15.1. The van der Waals surface area contributed by atoms with Crippen molar-refractivity contribution in [3.63, 3.8) is 0 Å². The lowest BCUT2D eigenvalue weighted by molar-refractivity contribution is 0.246. The van der Waals surface area contributed by atoms with Crippen molar-refractivity contribution in [1.29, 1.82) is 5.41 Å². The normalized spacial score (nSPS) is 12.6. The molecule has 1 aromatic carbocycles. The van der Waals surface area contributed by atoms with E-state index in [9.17, 15) is 0 Å². The average Bonchev–Trinajstić information content (AvgIpc) is 2.34. The van der Waals surface area contributed by atoms with Crippen molar-refractivity contribution in [3.05, 3.63) is 35.9 Å². The number of nitrogens with one attached hydrogen (secondary N) is 1. The van der Waals surface area contributed by atoms with Gasteiger partial charge in [-0.3, -0.25) is 10.3 Å². The largest absolute Gasteiger partial charge is 0.388 e. The van der Waals surface area contributed by atoms with Crippen LogP contribution < -0.4 is 5.73 Å². The van der Waals surface area contributed by atoms with E-state index in [-0.39, 0.29) is 11.9 Å². The van der Waals surface area contributed by atoms with Gasteiger partial charge in [0.25, 0.3) is 0 Å². The molecule has 0 aliphatic heterocycles. The molecule has 0 aliphatic rings. The summed E-state index contributed by atoms with van der Waals surface area (Å²) in [5, 5.41) is 7.50. The molecule has 1 rings (SSSR count). The molecule has 94 valence electrons. The third-order valence-corrected chi connectivity index (χ3v) is 2.99. The van der Waals surface area contributed by atoms with Crippen LogP contribution in [0.1, 0.15) is 37.8 Å². The Bertz CT molecular complexity index is 335. The SMILES string of the molecule is CCCCN(C)C(CC(=N)N)c1ccccc1. The molecule has 0 saturated carbocycles. The van der Waals surface area contributed by atoms with Gasteiger partial charge in [-0.1, -0.05) is 43.7 Å². The zero-order valence-electron chi connectivity index (χ0n) is 10.8. The Morgan fingerprint density at radius 2 is 2.00 bits per heavy atom. The summed E-state index contributed by atoms with van der Waals surface area (Å²) in [6.45, 7) is 3.24. The molecule has 3 heteroatoms. The van der Waals surface area contributed by atoms with Gasteiger partial charge in [0, 0.05) is 12.5 Å². The number of hydrogen-bond acceptors (Lipinski definition) is 2. The zero-order chi connectivity index (χ0) is 12.7. The van der Waals surface area contributed by atoms with Gasteiger partial charge >= 0.3 is 0 Å². The van der Waals surface area contributed by atoms with Gasteiger partial charge in [0.1, 0.15) is 0 Å². The van der Waals surface area contributed by atoms with E-state index in [0.717, 1.165) is 6.54 Å². The maximum Gasteiger partial charge on any atom is 0.0924 e. The van der Waals surface area contributed by atoms with E-state index < -0.39 is 0 Å². The summed E-state index contributed by atoms with van der Waals surface area (Å²) in [7, 11) is 2.11. The maximum atomic E-state index is 7.50. The Labute approximate surface area is 104 Å². The first kappa shape index (κ1) is 13.7. The van der Waals surface area contributed by atoms with Crippen LogP contribution in [0.15, 0.2) is 30.3 Å². The summed E-state index contributed by atoms with van der Waals surface area (Å²) in [5.74, 6) is 0.252. The number of hydrogen-bond donors (Lipinski definition) is 2. The van der Waals surface area contributed by atoms with Crippen LogP contribution in [0, 0.1) is 5.41 Å². The minimum atomic E-state index is 0.222. The number of benzene rings is 1. The molecule has 0 fully saturated rings. The maximum absolute atomic E-state index is 7.50. The Hall–Kier alpha value is -1.35. The summed E-state index contributed by atoms with van der Waals surface area (Å²) < 4.78 is 0. The number of rotatable bonds is 7. The van der Waals surface area contributed by atoms with E-state index in [2.05, 4.69) is 31.0 Å². The lowest BCUT2D eigenvalue weighted by Gasteiger charge is -2.28. The smallest absolute Gasteiger partial charge is 0.0924 e. The second-order valence-corrected chi connectivity index (χ2v) is 4.49. The Balaban J connectivity index is 2.76. The van der Waals surface area contributed by atoms with Gasteiger partial charge in [0.15, 0.2) is 0 Å². The van der Waals surface area contributed by atoms with Crippen molar-refractivity contribution >= 4 is 5.84 Å². The van der Waals surface area contributed by atoms with Gasteiger partial charge < -0.3 is 5.73 Å². The van der Waals surface area contributed by atoms with Gasteiger partial charge in [-0.15, -0.1) is 0 Å². The molecule has 1 aromatic rings. The fourth-order valence-electron chi connectivity index (χ4n) is 1.98.